The van der Waals surface area contributed by atoms with Crippen molar-refractivity contribution in [2.75, 3.05) is 31.1 Å². The SMILES string of the molecule is Cc1ccc(Cl)cc1N1CCN(C(=O)Cn2ccc(=O)c3ccccc32)CC1. The number of carbonyl (C=O) groups is 1. The molecule has 2 aromatic carbocycles. The van der Waals surface area contributed by atoms with E-state index >= 15 is 0 Å². The average Bonchev–Trinajstić information content (AvgIpc) is 2.72. The first kappa shape index (κ1) is 18.6. The number of aryl methyl sites for hydroxylation is 1. The van der Waals surface area contributed by atoms with E-state index in [0.717, 1.165) is 29.3 Å². The Bertz CT molecular complexity index is 1080. The molecule has 1 saturated heterocycles. The van der Waals surface area contributed by atoms with Crippen LogP contribution in [-0.4, -0.2) is 41.6 Å². The monoisotopic (exact) mass is 395 g/mol. The number of anilines is 1. The fraction of sp³-hybridized carbons (Fsp3) is 0.273. The highest BCUT2D eigenvalue weighted by molar-refractivity contribution is 6.30. The number of fused-ring (bicyclic) bond motifs is 1. The highest BCUT2D eigenvalue weighted by atomic mass is 35.5. The van der Waals surface area contributed by atoms with Crippen LogP contribution < -0.4 is 10.3 Å². The molecule has 1 aliphatic rings. The molecule has 0 bridgehead atoms. The molecular weight excluding hydrogens is 374 g/mol. The maximum Gasteiger partial charge on any atom is 0.242 e. The lowest BCUT2D eigenvalue weighted by molar-refractivity contribution is -0.132. The van der Waals surface area contributed by atoms with Crippen molar-refractivity contribution in [3.63, 3.8) is 0 Å². The number of rotatable bonds is 3. The van der Waals surface area contributed by atoms with Crippen molar-refractivity contribution >= 4 is 34.1 Å². The molecule has 1 aliphatic heterocycles. The van der Waals surface area contributed by atoms with E-state index in [1.807, 2.05) is 45.9 Å². The van der Waals surface area contributed by atoms with Crippen LogP contribution in [0.5, 0.6) is 0 Å². The number of halogens is 1. The molecule has 28 heavy (non-hydrogen) atoms. The number of aromatic nitrogens is 1. The minimum Gasteiger partial charge on any atom is -0.368 e. The van der Waals surface area contributed by atoms with Gasteiger partial charge in [-0.25, -0.2) is 0 Å². The van der Waals surface area contributed by atoms with E-state index < -0.39 is 0 Å². The summed E-state index contributed by atoms with van der Waals surface area (Å²) in [5.74, 6) is 0.0660. The van der Waals surface area contributed by atoms with Gasteiger partial charge in [-0.1, -0.05) is 29.8 Å². The molecule has 0 atom stereocenters. The van der Waals surface area contributed by atoms with Crippen molar-refractivity contribution in [2.45, 2.75) is 13.5 Å². The van der Waals surface area contributed by atoms with Crippen LogP contribution in [0.2, 0.25) is 5.02 Å². The van der Waals surface area contributed by atoms with Gasteiger partial charge in [0.25, 0.3) is 0 Å². The van der Waals surface area contributed by atoms with Gasteiger partial charge in [0.1, 0.15) is 6.54 Å². The maximum atomic E-state index is 12.8. The third-order valence-electron chi connectivity index (χ3n) is 5.33. The molecule has 0 spiro atoms. The Kier molecular flexibility index (Phi) is 5.09. The zero-order valence-corrected chi connectivity index (χ0v) is 16.5. The maximum absolute atomic E-state index is 12.8. The Balaban J connectivity index is 1.46. The topological polar surface area (TPSA) is 45.5 Å². The number of pyridine rings is 1. The van der Waals surface area contributed by atoms with Gasteiger partial charge in [-0.15, -0.1) is 0 Å². The Labute approximate surface area is 168 Å². The van der Waals surface area contributed by atoms with Crippen LogP contribution in [0.25, 0.3) is 10.9 Å². The van der Waals surface area contributed by atoms with Crippen molar-refractivity contribution in [3.05, 3.63) is 75.5 Å². The minimum absolute atomic E-state index is 0.0233. The summed E-state index contributed by atoms with van der Waals surface area (Å²) in [4.78, 5) is 29.0. The van der Waals surface area contributed by atoms with Crippen molar-refractivity contribution < 1.29 is 4.79 Å². The minimum atomic E-state index is -0.0233. The van der Waals surface area contributed by atoms with Crippen molar-refractivity contribution in [1.29, 1.82) is 0 Å². The molecule has 5 nitrogen and oxygen atoms in total. The molecule has 1 fully saturated rings. The van der Waals surface area contributed by atoms with Gasteiger partial charge in [-0.2, -0.15) is 0 Å². The normalized spacial score (nSPS) is 14.5. The molecule has 3 aromatic rings. The van der Waals surface area contributed by atoms with Crippen molar-refractivity contribution in [1.82, 2.24) is 9.47 Å². The van der Waals surface area contributed by atoms with E-state index in [0.29, 0.717) is 18.5 Å². The van der Waals surface area contributed by atoms with Gasteiger partial charge in [0, 0.05) is 54.5 Å². The predicted octanol–water partition coefficient (Wildman–Crippen LogP) is 3.31. The summed E-state index contributed by atoms with van der Waals surface area (Å²) in [5, 5.41) is 1.36. The molecule has 4 rings (SSSR count). The number of nitrogens with zero attached hydrogens (tertiary/aromatic N) is 3. The summed E-state index contributed by atoms with van der Waals surface area (Å²) in [7, 11) is 0. The summed E-state index contributed by atoms with van der Waals surface area (Å²) in [6.45, 7) is 5.20. The Hall–Kier alpha value is -2.79. The van der Waals surface area contributed by atoms with Gasteiger partial charge < -0.3 is 14.4 Å². The molecule has 0 unspecified atom stereocenters. The summed E-state index contributed by atoms with van der Waals surface area (Å²) in [6, 6.07) is 14.8. The van der Waals surface area contributed by atoms with E-state index in [9.17, 15) is 9.59 Å². The number of piperazine rings is 1. The second-order valence-corrected chi connectivity index (χ2v) is 7.56. The predicted molar refractivity (Wildman–Crippen MR) is 113 cm³/mol. The van der Waals surface area contributed by atoms with Crippen LogP contribution in [0.3, 0.4) is 0 Å². The quantitative estimate of drug-likeness (QED) is 0.683. The van der Waals surface area contributed by atoms with Crippen LogP contribution in [0.1, 0.15) is 5.56 Å². The van der Waals surface area contributed by atoms with Crippen molar-refractivity contribution in [3.8, 4) is 0 Å². The number of hydrogen-bond donors (Lipinski definition) is 0. The fourth-order valence-corrected chi connectivity index (χ4v) is 3.93. The highest BCUT2D eigenvalue weighted by Crippen LogP contribution is 2.25. The summed E-state index contributed by atoms with van der Waals surface area (Å²) < 4.78 is 1.85. The zero-order chi connectivity index (χ0) is 19.7. The smallest absolute Gasteiger partial charge is 0.242 e. The molecule has 0 aliphatic carbocycles. The van der Waals surface area contributed by atoms with Gasteiger partial charge in [-0.3, -0.25) is 9.59 Å². The fourth-order valence-electron chi connectivity index (χ4n) is 3.76. The molecule has 0 N–H and O–H groups in total. The average molecular weight is 396 g/mol. The standard InChI is InChI=1S/C22H22ClN3O2/c1-16-6-7-17(23)14-20(16)24-10-12-25(13-11-24)22(28)15-26-9-8-21(27)18-4-2-3-5-19(18)26/h2-9,14H,10-13,15H2,1H3. The lowest BCUT2D eigenvalue weighted by atomic mass is 10.1. The van der Waals surface area contributed by atoms with Gasteiger partial charge in [0.15, 0.2) is 5.43 Å². The Morgan fingerprint density at radius 1 is 1.04 bits per heavy atom. The lowest BCUT2D eigenvalue weighted by Crippen LogP contribution is -2.49. The van der Waals surface area contributed by atoms with Crippen LogP contribution in [0.15, 0.2) is 59.5 Å². The molecule has 0 radical (unpaired) electrons. The van der Waals surface area contributed by atoms with Gasteiger partial charge in [0.05, 0.1) is 5.52 Å². The van der Waals surface area contributed by atoms with Gasteiger partial charge in [-0.05, 0) is 36.8 Å². The first-order valence-corrected chi connectivity index (χ1v) is 9.78. The molecular formula is C22H22ClN3O2. The zero-order valence-electron chi connectivity index (χ0n) is 15.8. The Morgan fingerprint density at radius 2 is 1.79 bits per heavy atom. The van der Waals surface area contributed by atoms with E-state index in [2.05, 4.69) is 11.8 Å². The van der Waals surface area contributed by atoms with E-state index in [1.165, 1.54) is 11.6 Å². The van der Waals surface area contributed by atoms with Gasteiger partial charge >= 0.3 is 0 Å². The second-order valence-electron chi connectivity index (χ2n) is 7.12. The number of hydrogen-bond acceptors (Lipinski definition) is 3. The van der Waals surface area contributed by atoms with Crippen LogP contribution in [-0.2, 0) is 11.3 Å². The second kappa shape index (κ2) is 7.68. The van der Waals surface area contributed by atoms with Crippen molar-refractivity contribution in [2.24, 2.45) is 0 Å². The number of carbonyl (C=O) groups excluding carboxylic acids is 1. The number of benzene rings is 2. The number of para-hydroxylation sites is 1. The summed E-state index contributed by atoms with van der Waals surface area (Å²) >= 11 is 6.15. The molecule has 144 valence electrons. The summed E-state index contributed by atoms with van der Waals surface area (Å²) in [5.41, 5.74) is 3.08. The van der Waals surface area contributed by atoms with E-state index in [-0.39, 0.29) is 17.9 Å². The third kappa shape index (κ3) is 3.62. The summed E-state index contributed by atoms with van der Waals surface area (Å²) in [6.07, 6.45) is 1.70. The Morgan fingerprint density at radius 3 is 2.57 bits per heavy atom. The highest BCUT2D eigenvalue weighted by Gasteiger charge is 2.22. The van der Waals surface area contributed by atoms with Crippen LogP contribution in [0, 0.1) is 6.92 Å². The third-order valence-corrected chi connectivity index (χ3v) is 5.57. The van der Waals surface area contributed by atoms with Crippen LogP contribution in [0.4, 0.5) is 5.69 Å². The molecule has 0 saturated carbocycles. The first-order valence-electron chi connectivity index (χ1n) is 9.40. The molecule has 1 aromatic heterocycles. The van der Waals surface area contributed by atoms with Gasteiger partial charge in [0.2, 0.25) is 5.91 Å². The molecule has 2 heterocycles. The number of amides is 1. The first-order chi connectivity index (χ1) is 13.5. The van der Waals surface area contributed by atoms with E-state index in [1.54, 1.807) is 12.3 Å². The molecule has 1 amide bonds. The lowest BCUT2D eigenvalue weighted by Gasteiger charge is -2.37. The van der Waals surface area contributed by atoms with E-state index in [4.69, 9.17) is 11.6 Å². The largest absolute Gasteiger partial charge is 0.368 e. The van der Waals surface area contributed by atoms with Crippen LogP contribution >= 0.6 is 11.6 Å². The molecule has 6 heteroatoms.